The van der Waals surface area contributed by atoms with Crippen molar-refractivity contribution in [2.45, 2.75) is 6.92 Å². The first-order chi connectivity index (χ1) is 8.25. The van der Waals surface area contributed by atoms with Gasteiger partial charge in [-0.1, -0.05) is 0 Å². The smallest absolute Gasteiger partial charge is 0.137 e. The van der Waals surface area contributed by atoms with Gasteiger partial charge in [-0.25, -0.2) is 4.98 Å². The largest absolute Gasteiger partial charge is 0.303 e. The van der Waals surface area contributed by atoms with Crippen molar-refractivity contribution in [3.05, 3.63) is 53.0 Å². The quantitative estimate of drug-likeness (QED) is 0.686. The van der Waals surface area contributed by atoms with Gasteiger partial charge in [0.15, 0.2) is 0 Å². The molecule has 84 valence electrons. The molecule has 0 aromatic carbocycles. The minimum atomic E-state index is 0.944. The third-order valence-electron chi connectivity index (χ3n) is 2.78. The number of hydrogen-bond acceptors (Lipinski definition) is 2. The summed E-state index contributed by atoms with van der Waals surface area (Å²) in [6.45, 7) is 2.06. The van der Waals surface area contributed by atoms with Crippen LogP contribution in [0.1, 0.15) is 5.69 Å². The summed E-state index contributed by atoms with van der Waals surface area (Å²) in [5.74, 6) is 0. The Morgan fingerprint density at radius 3 is 2.88 bits per heavy atom. The van der Waals surface area contributed by atoms with Crippen molar-refractivity contribution in [1.82, 2.24) is 14.4 Å². The normalized spacial score (nSPS) is 10.9. The maximum absolute atomic E-state index is 4.59. The Labute approximate surface area is 107 Å². The van der Waals surface area contributed by atoms with Gasteiger partial charge in [-0.15, -0.1) is 0 Å². The van der Waals surface area contributed by atoms with Crippen molar-refractivity contribution in [2.75, 3.05) is 0 Å². The summed E-state index contributed by atoms with van der Waals surface area (Å²) in [5, 5.41) is 0. The van der Waals surface area contributed by atoms with Crippen LogP contribution in [0, 0.1) is 6.92 Å². The minimum absolute atomic E-state index is 0.944. The number of halogens is 1. The van der Waals surface area contributed by atoms with E-state index in [1.165, 1.54) is 0 Å². The van der Waals surface area contributed by atoms with Gasteiger partial charge in [-0.3, -0.25) is 4.98 Å². The number of fused-ring (bicyclic) bond motifs is 1. The highest BCUT2D eigenvalue weighted by atomic mass is 79.9. The molecule has 3 heterocycles. The van der Waals surface area contributed by atoms with Gasteiger partial charge in [0.05, 0.1) is 5.69 Å². The summed E-state index contributed by atoms with van der Waals surface area (Å²) in [7, 11) is 0. The van der Waals surface area contributed by atoms with E-state index in [4.69, 9.17) is 0 Å². The number of aryl methyl sites for hydroxylation is 1. The molecule has 17 heavy (non-hydrogen) atoms. The van der Waals surface area contributed by atoms with Crippen LogP contribution in [0.5, 0.6) is 0 Å². The molecular weight excluding hydrogens is 278 g/mol. The Bertz CT molecular complexity index is 674. The highest BCUT2D eigenvalue weighted by molar-refractivity contribution is 9.10. The second-order valence-electron chi connectivity index (χ2n) is 3.86. The molecule has 0 saturated heterocycles. The molecule has 0 unspecified atom stereocenters. The molecule has 3 rings (SSSR count). The molecule has 0 aliphatic rings. The van der Waals surface area contributed by atoms with Gasteiger partial charge in [0.2, 0.25) is 0 Å². The summed E-state index contributed by atoms with van der Waals surface area (Å²) in [6.07, 6.45) is 5.62. The molecule has 3 aromatic heterocycles. The summed E-state index contributed by atoms with van der Waals surface area (Å²) in [4.78, 5) is 8.70. The van der Waals surface area contributed by atoms with Crippen LogP contribution in [0.15, 0.2) is 47.3 Å². The molecule has 0 spiro atoms. The fourth-order valence-corrected chi connectivity index (χ4v) is 2.14. The standard InChI is InChI=1S/C13H10BrN3/c1-9-11(14)4-5-13-16-12(8-17(9)13)10-3-2-6-15-7-10/h2-8H,1H3. The lowest BCUT2D eigenvalue weighted by Crippen LogP contribution is -1.89. The van der Waals surface area contributed by atoms with Crippen LogP contribution < -0.4 is 0 Å². The first-order valence-electron chi connectivity index (χ1n) is 5.30. The maximum atomic E-state index is 4.59. The van der Waals surface area contributed by atoms with Crippen molar-refractivity contribution in [3.63, 3.8) is 0 Å². The van der Waals surface area contributed by atoms with Crippen LogP contribution >= 0.6 is 15.9 Å². The van der Waals surface area contributed by atoms with E-state index in [1.807, 2.05) is 36.7 Å². The topological polar surface area (TPSA) is 30.2 Å². The van der Waals surface area contributed by atoms with E-state index in [0.29, 0.717) is 0 Å². The Morgan fingerprint density at radius 2 is 2.12 bits per heavy atom. The lowest BCUT2D eigenvalue weighted by molar-refractivity contribution is 1.08. The van der Waals surface area contributed by atoms with Gasteiger partial charge < -0.3 is 4.40 Å². The average Bonchev–Trinajstić information content (AvgIpc) is 2.80. The second-order valence-corrected chi connectivity index (χ2v) is 4.72. The van der Waals surface area contributed by atoms with Crippen molar-refractivity contribution in [3.8, 4) is 11.3 Å². The van der Waals surface area contributed by atoms with Gasteiger partial charge in [0.25, 0.3) is 0 Å². The van der Waals surface area contributed by atoms with E-state index in [1.54, 1.807) is 6.20 Å². The Kier molecular flexibility index (Phi) is 2.44. The van der Waals surface area contributed by atoms with Gasteiger partial charge >= 0.3 is 0 Å². The molecular formula is C13H10BrN3. The molecule has 0 fully saturated rings. The highest BCUT2D eigenvalue weighted by Crippen LogP contribution is 2.22. The van der Waals surface area contributed by atoms with Crippen molar-refractivity contribution in [1.29, 1.82) is 0 Å². The number of hydrogen-bond donors (Lipinski definition) is 0. The van der Waals surface area contributed by atoms with E-state index in [9.17, 15) is 0 Å². The molecule has 3 nitrogen and oxygen atoms in total. The molecule has 0 atom stereocenters. The first kappa shape index (κ1) is 10.5. The van der Waals surface area contributed by atoms with E-state index in [0.717, 1.165) is 27.1 Å². The molecule has 0 amide bonds. The van der Waals surface area contributed by atoms with Crippen molar-refractivity contribution in [2.24, 2.45) is 0 Å². The molecule has 0 N–H and O–H groups in total. The third-order valence-corrected chi connectivity index (χ3v) is 3.61. The van der Waals surface area contributed by atoms with Gasteiger partial charge in [-0.2, -0.15) is 0 Å². The minimum Gasteiger partial charge on any atom is -0.303 e. The third kappa shape index (κ3) is 1.74. The first-order valence-corrected chi connectivity index (χ1v) is 6.09. The molecule has 0 saturated carbocycles. The predicted molar refractivity (Wildman–Crippen MR) is 70.9 cm³/mol. The Balaban J connectivity index is 2.24. The summed E-state index contributed by atoms with van der Waals surface area (Å²) >= 11 is 3.52. The number of nitrogens with zero attached hydrogens (tertiary/aromatic N) is 3. The number of rotatable bonds is 1. The van der Waals surface area contributed by atoms with Gasteiger partial charge in [0.1, 0.15) is 5.65 Å². The van der Waals surface area contributed by atoms with Crippen LogP contribution in [-0.4, -0.2) is 14.4 Å². The monoisotopic (exact) mass is 287 g/mol. The molecule has 3 aromatic rings. The Hall–Kier alpha value is -1.68. The van der Waals surface area contributed by atoms with Crippen molar-refractivity contribution < 1.29 is 0 Å². The summed E-state index contributed by atoms with van der Waals surface area (Å²) in [5.41, 5.74) is 4.07. The highest BCUT2D eigenvalue weighted by Gasteiger charge is 2.07. The van der Waals surface area contributed by atoms with E-state index in [-0.39, 0.29) is 0 Å². The zero-order valence-electron chi connectivity index (χ0n) is 9.26. The molecule has 0 radical (unpaired) electrons. The summed E-state index contributed by atoms with van der Waals surface area (Å²) < 4.78 is 3.16. The zero-order chi connectivity index (χ0) is 11.8. The second kappa shape index (κ2) is 3.96. The van der Waals surface area contributed by atoms with Crippen LogP contribution in [-0.2, 0) is 0 Å². The van der Waals surface area contributed by atoms with E-state index >= 15 is 0 Å². The fraction of sp³-hybridized carbons (Fsp3) is 0.0769. The fourth-order valence-electron chi connectivity index (χ4n) is 1.82. The van der Waals surface area contributed by atoms with E-state index < -0.39 is 0 Å². The van der Waals surface area contributed by atoms with Crippen LogP contribution in [0.3, 0.4) is 0 Å². The Morgan fingerprint density at radius 1 is 1.24 bits per heavy atom. The van der Waals surface area contributed by atoms with Crippen LogP contribution in [0.2, 0.25) is 0 Å². The summed E-state index contributed by atoms with van der Waals surface area (Å²) in [6, 6.07) is 7.95. The SMILES string of the molecule is Cc1c(Br)ccc2nc(-c3cccnc3)cn12. The van der Waals surface area contributed by atoms with Crippen LogP contribution in [0.25, 0.3) is 16.9 Å². The van der Waals surface area contributed by atoms with Crippen molar-refractivity contribution >= 4 is 21.6 Å². The number of pyridine rings is 2. The molecule has 0 aliphatic heterocycles. The lowest BCUT2D eigenvalue weighted by Gasteiger charge is -2.00. The molecule has 0 bridgehead atoms. The maximum Gasteiger partial charge on any atom is 0.137 e. The molecule has 4 heteroatoms. The number of aromatic nitrogens is 3. The number of imidazole rings is 1. The zero-order valence-corrected chi connectivity index (χ0v) is 10.8. The van der Waals surface area contributed by atoms with E-state index in [2.05, 4.69) is 37.2 Å². The predicted octanol–water partition coefficient (Wildman–Crippen LogP) is 3.47. The molecule has 0 aliphatic carbocycles. The lowest BCUT2D eigenvalue weighted by atomic mass is 10.2. The average molecular weight is 288 g/mol. The van der Waals surface area contributed by atoms with Gasteiger partial charge in [0, 0.05) is 34.3 Å². The van der Waals surface area contributed by atoms with Gasteiger partial charge in [-0.05, 0) is 47.1 Å². The van der Waals surface area contributed by atoms with Crippen LogP contribution in [0.4, 0.5) is 0 Å².